The van der Waals surface area contributed by atoms with Crippen LogP contribution in [0.4, 0.5) is 16.2 Å². The average molecular weight is 403 g/mol. The first-order valence-electron chi connectivity index (χ1n) is 9.24. The molecule has 0 atom stereocenters. The number of hydrogen-bond acceptors (Lipinski definition) is 6. The number of amides is 1. The maximum atomic E-state index is 13.4. The Morgan fingerprint density at radius 3 is 2.57 bits per heavy atom. The second kappa shape index (κ2) is 8.52. The third-order valence-electron chi connectivity index (χ3n) is 4.41. The third kappa shape index (κ3) is 4.17. The molecule has 4 aromatic rings. The first-order valence-corrected chi connectivity index (χ1v) is 9.24. The van der Waals surface area contributed by atoms with Crippen LogP contribution < -0.4 is 10.6 Å². The Morgan fingerprint density at radius 1 is 1.07 bits per heavy atom. The van der Waals surface area contributed by atoms with Crippen molar-refractivity contribution in [3.8, 4) is 22.5 Å². The molecule has 0 fully saturated rings. The van der Waals surface area contributed by atoms with Crippen molar-refractivity contribution >= 4 is 17.7 Å². The summed E-state index contributed by atoms with van der Waals surface area (Å²) in [6, 6.07) is 16.9. The highest BCUT2D eigenvalue weighted by atomic mass is 19.1. The maximum Gasteiger partial charge on any atom is 0.241 e. The first kappa shape index (κ1) is 19.3. The van der Waals surface area contributed by atoms with Gasteiger partial charge in [-0.25, -0.2) is 14.4 Å². The molecule has 0 spiro atoms. The van der Waals surface area contributed by atoms with E-state index >= 15 is 0 Å². The summed E-state index contributed by atoms with van der Waals surface area (Å²) in [6.07, 6.45) is 1.77. The number of hydrogen-bond donors (Lipinski definition) is 2. The minimum absolute atomic E-state index is 0.163. The van der Waals surface area contributed by atoms with E-state index in [-0.39, 0.29) is 24.0 Å². The van der Waals surface area contributed by atoms with E-state index in [9.17, 15) is 9.18 Å². The molecule has 2 heterocycles. The second-order valence-corrected chi connectivity index (χ2v) is 6.47. The number of carbonyl (C=O) groups is 1. The third-order valence-corrected chi connectivity index (χ3v) is 4.41. The lowest BCUT2D eigenvalue weighted by Gasteiger charge is -2.07. The summed E-state index contributed by atoms with van der Waals surface area (Å²) < 4.78 is 18.8. The van der Waals surface area contributed by atoms with Gasteiger partial charge in [-0.1, -0.05) is 35.5 Å². The lowest BCUT2D eigenvalue weighted by molar-refractivity contribution is -0.115. The van der Waals surface area contributed by atoms with E-state index < -0.39 is 0 Å². The van der Waals surface area contributed by atoms with Crippen molar-refractivity contribution in [2.75, 3.05) is 17.7 Å². The second-order valence-electron chi connectivity index (χ2n) is 6.47. The Kier molecular flexibility index (Phi) is 5.47. The lowest BCUT2D eigenvalue weighted by Crippen LogP contribution is -2.14. The number of halogens is 1. The Bertz CT molecular complexity index is 1160. The molecule has 0 bridgehead atoms. The fourth-order valence-electron chi connectivity index (χ4n) is 2.99. The number of nitrogens with one attached hydrogen (secondary N) is 2. The maximum absolute atomic E-state index is 13.4. The van der Waals surface area contributed by atoms with Crippen LogP contribution in [0.2, 0.25) is 0 Å². The number of benzene rings is 2. The van der Waals surface area contributed by atoms with Gasteiger partial charge in [0.25, 0.3) is 0 Å². The van der Waals surface area contributed by atoms with Gasteiger partial charge in [0, 0.05) is 18.8 Å². The highest BCUT2D eigenvalue weighted by Gasteiger charge is 2.22. The van der Waals surface area contributed by atoms with Gasteiger partial charge in [0.15, 0.2) is 0 Å². The van der Waals surface area contributed by atoms with E-state index in [1.807, 2.05) is 30.3 Å². The summed E-state index contributed by atoms with van der Waals surface area (Å²) in [7, 11) is 1.70. The van der Waals surface area contributed by atoms with Crippen LogP contribution >= 0.6 is 0 Å². The molecule has 0 saturated carbocycles. The van der Waals surface area contributed by atoms with Gasteiger partial charge < -0.3 is 9.84 Å². The highest BCUT2D eigenvalue weighted by Crippen LogP contribution is 2.37. The summed E-state index contributed by atoms with van der Waals surface area (Å²) in [6.45, 7) is 0. The molecular formula is C22H18FN5O2. The molecule has 0 radical (unpaired) electrons. The highest BCUT2D eigenvalue weighted by molar-refractivity contribution is 5.97. The van der Waals surface area contributed by atoms with Crippen LogP contribution in [0.1, 0.15) is 5.56 Å². The molecule has 0 saturated heterocycles. The van der Waals surface area contributed by atoms with Crippen molar-refractivity contribution in [1.29, 1.82) is 0 Å². The molecule has 0 aliphatic heterocycles. The van der Waals surface area contributed by atoms with E-state index in [2.05, 4.69) is 25.8 Å². The van der Waals surface area contributed by atoms with Crippen molar-refractivity contribution < 1.29 is 13.7 Å². The largest absolute Gasteiger partial charge is 0.357 e. The van der Waals surface area contributed by atoms with Gasteiger partial charge in [0.05, 0.1) is 17.7 Å². The molecule has 2 aromatic carbocycles. The molecule has 2 N–H and O–H groups in total. The van der Waals surface area contributed by atoms with E-state index in [0.717, 1.165) is 5.56 Å². The Hall–Kier alpha value is -4.07. The SMILES string of the molecule is CNc1nccc(-c2c(-c3ccc(F)cc3)noc2NC(=O)Cc2ccccc2)n1. The molecule has 2 aromatic heterocycles. The number of rotatable bonds is 6. The predicted molar refractivity (Wildman–Crippen MR) is 111 cm³/mol. The number of aromatic nitrogens is 3. The molecule has 8 heteroatoms. The summed E-state index contributed by atoms with van der Waals surface area (Å²) >= 11 is 0. The standard InChI is InChI=1S/C22H18FN5O2/c1-24-22-25-12-11-17(26-22)19-20(15-7-9-16(23)10-8-15)28-30-21(19)27-18(29)13-14-5-3-2-4-6-14/h2-12H,13H2,1H3,(H,27,29)(H,24,25,26). The number of carbonyl (C=O) groups excluding carboxylic acids is 1. The Morgan fingerprint density at radius 2 is 1.83 bits per heavy atom. The molecule has 7 nitrogen and oxygen atoms in total. The van der Waals surface area contributed by atoms with Gasteiger partial charge >= 0.3 is 0 Å². The van der Waals surface area contributed by atoms with E-state index in [4.69, 9.17) is 4.52 Å². The number of anilines is 2. The van der Waals surface area contributed by atoms with Crippen LogP contribution in [-0.4, -0.2) is 28.1 Å². The van der Waals surface area contributed by atoms with Gasteiger partial charge in [-0.05, 0) is 35.9 Å². The smallest absolute Gasteiger partial charge is 0.241 e. The van der Waals surface area contributed by atoms with Crippen LogP contribution in [0.3, 0.4) is 0 Å². The lowest BCUT2D eigenvalue weighted by atomic mass is 10.0. The van der Waals surface area contributed by atoms with Crippen molar-refractivity contribution in [3.63, 3.8) is 0 Å². The van der Waals surface area contributed by atoms with Gasteiger partial charge in [0.1, 0.15) is 11.5 Å². The molecule has 0 aliphatic carbocycles. The molecule has 4 rings (SSSR count). The quantitative estimate of drug-likeness (QED) is 0.502. The van der Waals surface area contributed by atoms with Crippen LogP contribution in [0.15, 0.2) is 71.4 Å². The average Bonchev–Trinajstić information content (AvgIpc) is 3.18. The molecule has 0 unspecified atom stereocenters. The monoisotopic (exact) mass is 403 g/mol. The van der Waals surface area contributed by atoms with Crippen LogP contribution in [0, 0.1) is 5.82 Å². The van der Waals surface area contributed by atoms with Crippen molar-refractivity contribution in [3.05, 3.63) is 78.2 Å². The molecule has 150 valence electrons. The molecule has 1 amide bonds. The zero-order valence-corrected chi connectivity index (χ0v) is 16.1. The van der Waals surface area contributed by atoms with Gasteiger partial charge in [0.2, 0.25) is 17.7 Å². The first-order chi connectivity index (χ1) is 14.6. The summed E-state index contributed by atoms with van der Waals surface area (Å²) in [5, 5.41) is 9.77. The fraction of sp³-hybridized carbons (Fsp3) is 0.0909. The van der Waals surface area contributed by atoms with Crippen LogP contribution in [-0.2, 0) is 11.2 Å². The zero-order valence-electron chi connectivity index (χ0n) is 16.1. The number of nitrogens with zero attached hydrogens (tertiary/aromatic N) is 3. The minimum Gasteiger partial charge on any atom is -0.357 e. The fourth-order valence-corrected chi connectivity index (χ4v) is 2.99. The molecular weight excluding hydrogens is 385 g/mol. The van der Waals surface area contributed by atoms with Crippen molar-refractivity contribution in [2.24, 2.45) is 0 Å². The summed E-state index contributed by atoms with van der Waals surface area (Å²) in [4.78, 5) is 21.1. The molecule has 30 heavy (non-hydrogen) atoms. The topological polar surface area (TPSA) is 92.9 Å². The van der Waals surface area contributed by atoms with E-state index in [1.54, 1.807) is 31.4 Å². The van der Waals surface area contributed by atoms with E-state index in [0.29, 0.717) is 28.5 Å². The van der Waals surface area contributed by atoms with E-state index in [1.165, 1.54) is 12.1 Å². The van der Waals surface area contributed by atoms with Gasteiger partial charge in [-0.2, -0.15) is 0 Å². The zero-order chi connectivity index (χ0) is 20.9. The minimum atomic E-state index is -0.361. The predicted octanol–water partition coefficient (Wildman–Crippen LogP) is 4.16. The van der Waals surface area contributed by atoms with Gasteiger partial charge in [-0.15, -0.1) is 0 Å². The van der Waals surface area contributed by atoms with Crippen molar-refractivity contribution in [1.82, 2.24) is 15.1 Å². The Balaban J connectivity index is 1.72. The van der Waals surface area contributed by atoms with Crippen LogP contribution in [0.5, 0.6) is 0 Å². The van der Waals surface area contributed by atoms with Crippen LogP contribution in [0.25, 0.3) is 22.5 Å². The van der Waals surface area contributed by atoms with Crippen molar-refractivity contribution in [2.45, 2.75) is 6.42 Å². The molecule has 0 aliphatic rings. The normalized spacial score (nSPS) is 10.6. The summed E-state index contributed by atoms with van der Waals surface area (Å²) in [5.74, 6) is -0.0526. The Labute approximate surface area is 172 Å². The van der Waals surface area contributed by atoms with Gasteiger partial charge in [-0.3, -0.25) is 10.1 Å². The summed E-state index contributed by atoms with van der Waals surface area (Å²) in [5.41, 5.74) is 2.93.